The monoisotopic (exact) mass is 528 g/mol. The van der Waals surface area contributed by atoms with Crippen LogP contribution in [0.3, 0.4) is 0 Å². The summed E-state index contributed by atoms with van der Waals surface area (Å²) in [6, 6.07) is 27.9. The van der Waals surface area contributed by atoms with E-state index in [4.69, 9.17) is 0 Å². The van der Waals surface area contributed by atoms with Crippen LogP contribution in [-0.2, 0) is 12.8 Å². The summed E-state index contributed by atoms with van der Waals surface area (Å²) in [4.78, 5) is 5.10. The molecular weight excluding hydrogens is 484 g/mol. The van der Waals surface area contributed by atoms with Crippen LogP contribution in [-0.4, -0.2) is 25.2 Å². The van der Waals surface area contributed by atoms with Gasteiger partial charge in [-0.1, -0.05) is 60.1 Å². The summed E-state index contributed by atoms with van der Waals surface area (Å²) in [5.41, 5.74) is 7.70. The number of rotatable bonds is 8. The third-order valence-electron chi connectivity index (χ3n) is 8.50. The highest BCUT2D eigenvalue weighted by Crippen LogP contribution is 2.27. The van der Waals surface area contributed by atoms with Gasteiger partial charge in [0.15, 0.2) is 0 Å². The zero-order valence-electron chi connectivity index (χ0n) is 24.5. The second kappa shape index (κ2) is 14.1. The summed E-state index contributed by atoms with van der Waals surface area (Å²) in [5.74, 6) is 13.6. The Hall–Kier alpha value is -3.62. The van der Waals surface area contributed by atoms with Crippen LogP contribution in [0.5, 0.6) is 0 Å². The molecule has 2 aliphatic rings. The van der Waals surface area contributed by atoms with Crippen molar-refractivity contribution in [2.75, 3.05) is 22.9 Å². The minimum Gasteiger partial charge on any atom is -0.369 e. The van der Waals surface area contributed by atoms with Crippen LogP contribution in [0.4, 0.5) is 11.4 Å². The molecular formula is C38H44N2. The minimum absolute atomic E-state index is 0.657. The van der Waals surface area contributed by atoms with E-state index in [1.165, 1.54) is 61.3 Å². The highest BCUT2D eigenvalue weighted by Gasteiger charge is 2.21. The summed E-state index contributed by atoms with van der Waals surface area (Å²) in [7, 11) is 0. The summed E-state index contributed by atoms with van der Waals surface area (Å²) in [6.07, 6.45) is 11.3. The van der Waals surface area contributed by atoms with Gasteiger partial charge in [0.05, 0.1) is 0 Å². The Balaban J connectivity index is 1.09. The molecule has 2 heterocycles. The fraction of sp³-hybridized carbons (Fsp3) is 0.421. The Labute approximate surface area is 242 Å². The second-order valence-electron chi connectivity index (χ2n) is 11.6. The molecule has 0 aromatic heterocycles. The molecule has 2 aliphatic heterocycles. The molecule has 3 aromatic carbocycles. The smallest absolute Gasteiger partial charge is 0.0401 e. The molecule has 2 heteroatoms. The first-order chi connectivity index (χ1) is 19.7. The van der Waals surface area contributed by atoms with Gasteiger partial charge in [-0.15, -0.1) is 0 Å². The Kier molecular flexibility index (Phi) is 9.87. The predicted octanol–water partition coefficient (Wildman–Crippen LogP) is 8.41. The summed E-state index contributed by atoms with van der Waals surface area (Å²) in [5, 5.41) is 0. The maximum Gasteiger partial charge on any atom is 0.0401 e. The van der Waals surface area contributed by atoms with E-state index in [0.717, 1.165) is 49.7 Å². The van der Waals surface area contributed by atoms with Crippen molar-refractivity contribution in [2.24, 2.45) is 0 Å². The third kappa shape index (κ3) is 7.52. The topological polar surface area (TPSA) is 6.48 Å². The molecule has 0 radical (unpaired) electrons. The highest BCUT2D eigenvalue weighted by molar-refractivity contribution is 5.52. The predicted molar refractivity (Wildman–Crippen MR) is 171 cm³/mol. The molecule has 0 bridgehead atoms. The van der Waals surface area contributed by atoms with E-state index < -0.39 is 0 Å². The lowest BCUT2D eigenvalue weighted by Gasteiger charge is -2.24. The molecule has 2 atom stereocenters. The van der Waals surface area contributed by atoms with Gasteiger partial charge in [-0.2, -0.15) is 0 Å². The van der Waals surface area contributed by atoms with Crippen molar-refractivity contribution in [1.82, 2.24) is 0 Å². The summed E-state index contributed by atoms with van der Waals surface area (Å²) < 4.78 is 0. The van der Waals surface area contributed by atoms with E-state index in [1.54, 1.807) is 0 Å². The molecule has 2 saturated heterocycles. The quantitative estimate of drug-likeness (QED) is 0.214. The average molecular weight is 529 g/mol. The average Bonchev–Trinajstić information content (AvgIpc) is 3.61. The van der Waals surface area contributed by atoms with Gasteiger partial charge in [0.25, 0.3) is 0 Å². The number of benzene rings is 3. The summed E-state index contributed by atoms with van der Waals surface area (Å²) in [6.45, 7) is 7.05. The number of aryl methyl sites for hydroxylation is 2. The first kappa shape index (κ1) is 27.9. The second-order valence-corrected chi connectivity index (χ2v) is 11.6. The number of anilines is 2. The number of nitrogens with zero attached hydrogens (tertiary/aromatic N) is 2. The fourth-order valence-corrected chi connectivity index (χ4v) is 6.19. The van der Waals surface area contributed by atoms with Crippen LogP contribution in [0, 0.1) is 23.7 Å². The number of unbranched alkanes of at least 4 members (excludes halogenated alkanes) is 2. The van der Waals surface area contributed by atoms with E-state index in [2.05, 4.69) is 120 Å². The lowest BCUT2D eigenvalue weighted by atomic mass is 10.0. The lowest BCUT2D eigenvalue weighted by Crippen LogP contribution is -2.26. The molecule has 2 fully saturated rings. The standard InChI is InChI=1S/C38H44N2/c1-31-15-13-27-39(31)37-25-11-19-33(29-37)17-5-3-7-21-35-23-9-10-24-36(35)22-8-4-6-18-34-20-12-26-38(30-34)40-28-14-16-32(40)2/h9-12,19-20,23-26,29-32H,3-6,13-18,27-28H2,1-2H3. The number of hydrogen-bond donors (Lipinski definition) is 0. The van der Waals surface area contributed by atoms with Gasteiger partial charge < -0.3 is 9.80 Å². The third-order valence-corrected chi connectivity index (χ3v) is 8.50. The Morgan fingerprint density at radius 1 is 0.625 bits per heavy atom. The first-order valence-electron chi connectivity index (χ1n) is 15.5. The maximum atomic E-state index is 3.41. The molecule has 0 spiro atoms. The molecule has 206 valence electrons. The van der Waals surface area contributed by atoms with Crippen molar-refractivity contribution in [3.8, 4) is 23.7 Å². The highest BCUT2D eigenvalue weighted by atomic mass is 15.2. The van der Waals surface area contributed by atoms with E-state index in [0.29, 0.717) is 12.1 Å². The van der Waals surface area contributed by atoms with Crippen LogP contribution in [0.1, 0.15) is 87.5 Å². The molecule has 0 N–H and O–H groups in total. The Bertz CT molecular complexity index is 1270. The summed E-state index contributed by atoms with van der Waals surface area (Å²) >= 11 is 0. The Morgan fingerprint density at radius 3 is 1.52 bits per heavy atom. The Morgan fingerprint density at radius 2 is 1.10 bits per heavy atom. The molecule has 0 saturated carbocycles. The molecule has 2 nitrogen and oxygen atoms in total. The molecule has 40 heavy (non-hydrogen) atoms. The zero-order chi connectivity index (χ0) is 27.6. The van der Waals surface area contributed by atoms with E-state index in [-0.39, 0.29) is 0 Å². The van der Waals surface area contributed by atoms with Crippen LogP contribution < -0.4 is 9.80 Å². The van der Waals surface area contributed by atoms with Crippen molar-refractivity contribution in [1.29, 1.82) is 0 Å². The van der Waals surface area contributed by atoms with Crippen molar-refractivity contribution >= 4 is 11.4 Å². The normalized spacial score (nSPS) is 18.2. The SMILES string of the molecule is CC1CCCN1c1cccc(CCCC#Cc2ccccc2C#CCCCc2cccc(N3CCCC3C)c2)c1. The van der Waals surface area contributed by atoms with Crippen LogP contribution >= 0.6 is 0 Å². The van der Waals surface area contributed by atoms with Crippen LogP contribution in [0.15, 0.2) is 72.8 Å². The van der Waals surface area contributed by atoms with Crippen LogP contribution in [0.2, 0.25) is 0 Å². The molecule has 2 unspecified atom stereocenters. The molecule has 3 aromatic rings. The van der Waals surface area contributed by atoms with Gasteiger partial charge in [0, 0.05) is 60.5 Å². The van der Waals surface area contributed by atoms with Crippen molar-refractivity contribution in [3.05, 3.63) is 95.1 Å². The molecule has 0 aliphatic carbocycles. The van der Waals surface area contributed by atoms with Gasteiger partial charge >= 0.3 is 0 Å². The van der Waals surface area contributed by atoms with Gasteiger partial charge in [0.1, 0.15) is 0 Å². The van der Waals surface area contributed by atoms with E-state index in [9.17, 15) is 0 Å². The van der Waals surface area contributed by atoms with Gasteiger partial charge in [-0.3, -0.25) is 0 Å². The van der Waals surface area contributed by atoms with Crippen LogP contribution in [0.25, 0.3) is 0 Å². The van der Waals surface area contributed by atoms with Gasteiger partial charge in [-0.05, 0) is 113 Å². The zero-order valence-corrected chi connectivity index (χ0v) is 24.5. The van der Waals surface area contributed by atoms with E-state index in [1.807, 2.05) is 0 Å². The van der Waals surface area contributed by atoms with Crippen molar-refractivity contribution in [3.63, 3.8) is 0 Å². The maximum absolute atomic E-state index is 3.41. The molecule has 5 rings (SSSR count). The number of hydrogen-bond acceptors (Lipinski definition) is 2. The lowest BCUT2D eigenvalue weighted by molar-refractivity contribution is 0.734. The van der Waals surface area contributed by atoms with E-state index >= 15 is 0 Å². The largest absolute Gasteiger partial charge is 0.369 e. The first-order valence-corrected chi connectivity index (χ1v) is 15.5. The van der Waals surface area contributed by atoms with Crippen molar-refractivity contribution in [2.45, 2.75) is 90.1 Å². The van der Waals surface area contributed by atoms with Crippen molar-refractivity contribution < 1.29 is 0 Å². The van der Waals surface area contributed by atoms with Gasteiger partial charge in [0.2, 0.25) is 0 Å². The van der Waals surface area contributed by atoms with Gasteiger partial charge in [-0.25, -0.2) is 0 Å². The minimum atomic E-state index is 0.657. The fourth-order valence-electron chi connectivity index (χ4n) is 6.19. The molecule has 0 amide bonds.